The molecule has 1 aromatic rings. The van der Waals surface area contributed by atoms with E-state index < -0.39 is 6.10 Å². The van der Waals surface area contributed by atoms with E-state index in [1.807, 2.05) is 39.8 Å². The first-order valence-electron chi connectivity index (χ1n) is 7.53. The highest BCUT2D eigenvalue weighted by Crippen LogP contribution is 2.18. The van der Waals surface area contributed by atoms with Gasteiger partial charge in [-0.25, -0.2) is 0 Å². The van der Waals surface area contributed by atoms with Gasteiger partial charge in [-0.15, -0.1) is 0 Å². The minimum atomic E-state index is -0.478. The number of nitrogens with one attached hydrogen (secondary N) is 1. The molecule has 1 unspecified atom stereocenters. The van der Waals surface area contributed by atoms with Crippen LogP contribution in [0, 0.1) is 19.8 Å². The highest BCUT2D eigenvalue weighted by molar-refractivity contribution is 5.76. The first-order chi connectivity index (χ1) is 9.88. The predicted molar refractivity (Wildman–Crippen MR) is 84.5 cm³/mol. The Hall–Kier alpha value is -1.55. The number of benzene rings is 1. The fourth-order valence-corrected chi connectivity index (χ4v) is 2.16. The molecule has 0 aliphatic heterocycles. The van der Waals surface area contributed by atoms with Crippen LogP contribution in [-0.4, -0.2) is 30.3 Å². The number of rotatable bonds is 8. The van der Waals surface area contributed by atoms with Gasteiger partial charge in [0.2, 0.25) is 5.91 Å². The standard InChI is InChI=1S/C17H27NO3/c1-12(2)9-15(19)11-18-17(20)7-8-21-16-6-5-13(3)10-14(16)4/h5-6,10,12,15,19H,7-9,11H2,1-4H3,(H,18,20). The van der Waals surface area contributed by atoms with Gasteiger partial charge < -0.3 is 15.2 Å². The van der Waals surface area contributed by atoms with Crippen LogP contribution in [0.15, 0.2) is 18.2 Å². The Labute approximate surface area is 127 Å². The summed E-state index contributed by atoms with van der Waals surface area (Å²) in [5.74, 6) is 1.14. The summed E-state index contributed by atoms with van der Waals surface area (Å²) < 4.78 is 5.61. The van der Waals surface area contributed by atoms with Gasteiger partial charge in [0.1, 0.15) is 5.75 Å². The maximum atomic E-state index is 11.7. The first kappa shape index (κ1) is 17.5. The molecule has 4 nitrogen and oxygen atoms in total. The molecule has 0 aromatic heterocycles. The lowest BCUT2D eigenvalue weighted by Gasteiger charge is -2.14. The Balaban J connectivity index is 2.24. The van der Waals surface area contributed by atoms with Gasteiger partial charge in [0.15, 0.2) is 0 Å². The van der Waals surface area contributed by atoms with E-state index in [0.717, 1.165) is 11.3 Å². The zero-order valence-electron chi connectivity index (χ0n) is 13.5. The Morgan fingerprint density at radius 1 is 1.33 bits per heavy atom. The van der Waals surface area contributed by atoms with Crippen molar-refractivity contribution in [2.45, 2.75) is 46.6 Å². The van der Waals surface area contributed by atoms with E-state index in [9.17, 15) is 9.90 Å². The van der Waals surface area contributed by atoms with Crippen molar-refractivity contribution in [1.29, 1.82) is 0 Å². The van der Waals surface area contributed by atoms with Gasteiger partial charge in [-0.1, -0.05) is 31.5 Å². The van der Waals surface area contributed by atoms with Crippen LogP contribution in [0.3, 0.4) is 0 Å². The lowest BCUT2D eigenvalue weighted by molar-refractivity contribution is -0.122. The Morgan fingerprint density at radius 2 is 2.05 bits per heavy atom. The molecule has 0 aliphatic carbocycles. The zero-order chi connectivity index (χ0) is 15.8. The van der Waals surface area contributed by atoms with E-state index in [4.69, 9.17) is 4.74 Å². The number of carbonyl (C=O) groups is 1. The second-order valence-electron chi connectivity index (χ2n) is 5.95. The van der Waals surface area contributed by atoms with Crippen LogP contribution in [0.2, 0.25) is 0 Å². The number of hydrogen-bond donors (Lipinski definition) is 2. The van der Waals surface area contributed by atoms with Crippen molar-refractivity contribution in [1.82, 2.24) is 5.32 Å². The van der Waals surface area contributed by atoms with Gasteiger partial charge in [-0.2, -0.15) is 0 Å². The summed E-state index contributed by atoms with van der Waals surface area (Å²) in [6.07, 6.45) is 0.510. The van der Waals surface area contributed by atoms with Crippen molar-refractivity contribution in [3.63, 3.8) is 0 Å². The van der Waals surface area contributed by atoms with Gasteiger partial charge in [-0.3, -0.25) is 4.79 Å². The van der Waals surface area contributed by atoms with E-state index in [2.05, 4.69) is 11.4 Å². The van der Waals surface area contributed by atoms with Gasteiger partial charge in [-0.05, 0) is 37.8 Å². The average molecular weight is 293 g/mol. The number of carbonyl (C=O) groups excluding carboxylic acids is 1. The maximum Gasteiger partial charge on any atom is 0.223 e. The summed E-state index contributed by atoms with van der Waals surface area (Å²) in [7, 11) is 0. The fraction of sp³-hybridized carbons (Fsp3) is 0.588. The van der Waals surface area contributed by atoms with Crippen LogP contribution in [0.1, 0.15) is 37.8 Å². The topological polar surface area (TPSA) is 58.6 Å². The van der Waals surface area contributed by atoms with Crippen LogP contribution in [-0.2, 0) is 4.79 Å². The molecule has 0 radical (unpaired) electrons. The van der Waals surface area contributed by atoms with E-state index in [0.29, 0.717) is 31.9 Å². The van der Waals surface area contributed by atoms with Crippen molar-refractivity contribution >= 4 is 5.91 Å². The summed E-state index contributed by atoms with van der Waals surface area (Å²) in [4.78, 5) is 11.7. The molecule has 4 heteroatoms. The number of amides is 1. The zero-order valence-corrected chi connectivity index (χ0v) is 13.5. The number of hydrogen-bond acceptors (Lipinski definition) is 3. The van der Waals surface area contributed by atoms with Crippen molar-refractivity contribution in [3.05, 3.63) is 29.3 Å². The summed E-state index contributed by atoms with van der Waals surface area (Å²) in [5, 5.41) is 12.4. The van der Waals surface area contributed by atoms with E-state index in [1.165, 1.54) is 5.56 Å². The van der Waals surface area contributed by atoms with E-state index >= 15 is 0 Å². The van der Waals surface area contributed by atoms with Gasteiger partial charge >= 0.3 is 0 Å². The predicted octanol–water partition coefficient (Wildman–Crippen LogP) is 2.60. The van der Waals surface area contributed by atoms with Crippen molar-refractivity contribution in [3.8, 4) is 5.75 Å². The first-order valence-corrected chi connectivity index (χ1v) is 7.53. The largest absolute Gasteiger partial charge is 0.493 e. The molecule has 1 atom stereocenters. The number of ether oxygens (including phenoxy) is 1. The van der Waals surface area contributed by atoms with Gasteiger partial charge in [0.25, 0.3) is 0 Å². The lowest BCUT2D eigenvalue weighted by atomic mass is 10.1. The van der Waals surface area contributed by atoms with E-state index in [-0.39, 0.29) is 5.91 Å². The normalized spacial score (nSPS) is 12.3. The van der Waals surface area contributed by atoms with Crippen LogP contribution in [0.4, 0.5) is 0 Å². The van der Waals surface area contributed by atoms with Crippen LogP contribution in [0.25, 0.3) is 0 Å². The number of aryl methyl sites for hydroxylation is 2. The number of aliphatic hydroxyl groups is 1. The molecular formula is C17H27NO3. The summed E-state index contributed by atoms with van der Waals surface area (Å²) in [6, 6.07) is 5.97. The Bertz CT molecular complexity index is 457. The molecule has 0 aliphatic rings. The molecule has 0 fully saturated rings. The molecule has 1 rings (SSSR count). The fourth-order valence-electron chi connectivity index (χ4n) is 2.16. The molecule has 0 saturated carbocycles. The van der Waals surface area contributed by atoms with Crippen LogP contribution >= 0.6 is 0 Å². The summed E-state index contributed by atoms with van der Waals surface area (Å²) in [5.41, 5.74) is 2.26. The summed E-state index contributed by atoms with van der Waals surface area (Å²) >= 11 is 0. The Kier molecular flexibility index (Phi) is 7.23. The van der Waals surface area contributed by atoms with Crippen LogP contribution in [0.5, 0.6) is 5.75 Å². The quantitative estimate of drug-likeness (QED) is 0.774. The second-order valence-corrected chi connectivity index (χ2v) is 5.95. The third-order valence-electron chi connectivity index (χ3n) is 3.20. The maximum absolute atomic E-state index is 11.7. The smallest absolute Gasteiger partial charge is 0.223 e. The summed E-state index contributed by atoms with van der Waals surface area (Å²) in [6.45, 7) is 8.76. The van der Waals surface area contributed by atoms with Crippen molar-refractivity contribution in [2.75, 3.05) is 13.2 Å². The molecule has 118 valence electrons. The lowest BCUT2D eigenvalue weighted by Crippen LogP contribution is -2.33. The molecule has 0 spiro atoms. The highest BCUT2D eigenvalue weighted by atomic mass is 16.5. The molecule has 2 N–H and O–H groups in total. The third-order valence-corrected chi connectivity index (χ3v) is 3.20. The molecule has 1 aromatic carbocycles. The molecule has 0 heterocycles. The highest BCUT2D eigenvalue weighted by Gasteiger charge is 2.09. The molecular weight excluding hydrogens is 266 g/mol. The number of aliphatic hydroxyl groups excluding tert-OH is 1. The third kappa shape index (κ3) is 7.14. The second kappa shape index (κ2) is 8.67. The molecule has 0 saturated heterocycles. The monoisotopic (exact) mass is 293 g/mol. The van der Waals surface area contributed by atoms with Gasteiger partial charge in [0.05, 0.1) is 19.1 Å². The van der Waals surface area contributed by atoms with Crippen LogP contribution < -0.4 is 10.1 Å². The molecule has 1 amide bonds. The van der Waals surface area contributed by atoms with Crippen molar-refractivity contribution < 1.29 is 14.6 Å². The minimum Gasteiger partial charge on any atom is -0.493 e. The molecule has 21 heavy (non-hydrogen) atoms. The van der Waals surface area contributed by atoms with Crippen molar-refractivity contribution in [2.24, 2.45) is 5.92 Å². The Morgan fingerprint density at radius 3 is 2.67 bits per heavy atom. The van der Waals surface area contributed by atoms with E-state index in [1.54, 1.807) is 0 Å². The average Bonchev–Trinajstić information content (AvgIpc) is 2.38. The van der Waals surface area contributed by atoms with Gasteiger partial charge in [0, 0.05) is 6.54 Å². The SMILES string of the molecule is Cc1ccc(OCCC(=O)NCC(O)CC(C)C)c(C)c1. The minimum absolute atomic E-state index is 0.0948. The molecule has 0 bridgehead atoms.